The first kappa shape index (κ1) is 19.1. The van der Waals surface area contributed by atoms with Crippen molar-refractivity contribution in [2.75, 3.05) is 13.2 Å². The van der Waals surface area contributed by atoms with Crippen LogP contribution in [0.15, 0.2) is 18.2 Å². The summed E-state index contributed by atoms with van der Waals surface area (Å²) in [5, 5.41) is 3.04. The molecule has 0 bridgehead atoms. The second-order valence-electron chi connectivity index (χ2n) is 6.37. The number of ether oxygens (including phenoxy) is 2. The van der Waals surface area contributed by atoms with Gasteiger partial charge in [-0.05, 0) is 57.2 Å². The Morgan fingerprint density at radius 1 is 1.12 bits per heavy atom. The van der Waals surface area contributed by atoms with Gasteiger partial charge >= 0.3 is 0 Å². The van der Waals surface area contributed by atoms with Gasteiger partial charge in [0, 0.05) is 17.5 Å². The second kappa shape index (κ2) is 9.30. The van der Waals surface area contributed by atoms with Crippen LogP contribution in [0.5, 0.6) is 11.5 Å². The molecule has 0 heterocycles. The molecule has 2 amide bonds. The number of hydrogen-bond donors (Lipinski definition) is 2. The van der Waals surface area contributed by atoms with Gasteiger partial charge in [0.25, 0.3) is 5.91 Å². The molecule has 0 unspecified atom stereocenters. The predicted octanol–water partition coefficient (Wildman–Crippen LogP) is 2.65. The Morgan fingerprint density at radius 2 is 1.84 bits per heavy atom. The minimum absolute atomic E-state index is 0.0623. The molecule has 0 aliphatic heterocycles. The van der Waals surface area contributed by atoms with Crippen LogP contribution in [0.4, 0.5) is 0 Å². The van der Waals surface area contributed by atoms with E-state index in [0.29, 0.717) is 30.3 Å². The Bertz CT molecular complexity index is 595. The summed E-state index contributed by atoms with van der Waals surface area (Å²) in [7, 11) is 0. The SMILES string of the molecule is CCCOc1ccc(C(=O)NC2CCC(C(N)=O)CC2)cc1OCC. The molecule has 0 aromatic heterocycles. The number of primary amides is 1. The number of hydrogen-bond acceptors (Lipinski definition) is 4. The number of nitrogens with two attached hydrogens (primary N) is 1. The van der Waals surface area contributed by atoms with Gasteiger partial charge in [-0.2, -0.15) is 0 Å². The van der Waals surface area contributed by atoms with Crippen LogP contribution in [0.2, 0.25) is 0 Å². The van der Waals surface area contributed by atoms with Gasteiger partial charge in [-0.25, -0.2) is 0 Å². The molecule has 1 aliphatic carbocycles. The van der Waals surface area contributed by atoms with Crippen molar-refractivity contribution in [1.82, 2.24) is 5.32 Å². The van der Waals surface area contributed by atoms with Gasteiger partial charge in [0.05, 0.1) is 13.2 Å². The Morgan fingerprint density at radius 3 is 2.44 bits per heavy atom. The van der Waals surface area contributed by atoms with Crippen molar-refractivity contribution < 1.29 is 19.1 Å². The lowest BCUT2D eigenvalue weighted by Gasteiger charge is -2.27. The Labute approximate surface area is 149 Å². The average Bonchev–Trinajstić information content (AvgIpc) is 2.61. The Kier molecular flexibility index (Phi) is 7.10. The maximum absolute atomic E-state index is 12.5. The molecule has 0 atom stereocenters. The maximum atomic E-state index is 12.5. The van der Waals surface area contributed by atoms with Crippen LogP contribution >= 0.6 is 0 Å². The van der Waals surface area contributed by atoms with Crippen LogP contribution < -0.4 is 20.5 Å². The summed E-state index contributed by atoms with van der Waals surface area (Å²) in [6, 6.07) is 5.32. The van der Waals surface area contributed by atoms with E-state index in [2.05, 4.69) is 5.32 Å². The van der Waals surface area contributed by atoms with Crippen LogP contribution in [-0.2, 0) is 4.79 Å². The highest BCUT2D eigenvalue weighted by molar-refractivity contribution is 5.95. The third-order valence-corrected chi connectivity index (χ3v) is 4.43. The summed E-state index contributed by atoms with van der Waals surface area (Å²) in [6.07, 6.45) is 3.91. The first-order chi connectivity index (χ1) is 12.0. The number of rotatable bonds is 8. The molecule has 6 nitrogen and oxygen atoms in total. The predicted molar refractivity (Wildman–Crippen MR) is 95.8 cm³/mol. The van der Waals surface area contributed by atoms with E-state index in [-0.39, 0.29) is 23.8 Å². The van der Waals surface area contributed by atoms with E-state index >= 15 is 0 Å². The smallest absolute Gasteiger partial charge is 0.251 e. The van der Waals surface area contributed by atoms with E-state index < -0.39 is 0 Å². The lowest BCUT2D eigenvalue weighted by molar-refractivity contribution is -0.122. The first-order valence-electron chi connectivity index (χ1n) is 9.05. The Hall–Kier alpha value is -2.24. The lowest BCUT2D eigenvalue weighted by Crippen LogP contribution is -2.39. The maximum Gasteiger partial charge on any atom is 0.251 e. The summed E-state index contributed by atoms with van der Waals surface area (Å²) in [5.74, 6) is 0.801. The third-order valence-electron chi connectivity index (χ3n) is 4.43. The van der Waals surface area contributed by atoms with Crippen molar-refractivity contribution in [2.24, 2.45) is 11.7 Å². The van der Waals surface area contributed by atoms with Crippen molar-refractivity contribution in [2.45, 2.75) is 52.0 Å². The molecule has 138 valence electrons. The molecule has 1 aromatic carbocycles. The summed E-state index contributed by atoms with van der Waals surface area (Å²) in [4.78, 5) is 23.7. The fraction of sp³-hybridized carbons (Fsp3) is 0.579. The first-order valence-corrected chi connectivity index (χ1v) is 9.05. The van der Waals surface area contributed by atoms with Gasteiger partial charge in [-0.15, -0.1) is 0 Å². The highest BCUT2D eigenvalue weighted by Crippen LogP contribution is 2.29. The fourth-order valence-corrected chi connectivity index (χ4v) is 3.04. The summed E-state index contributed by atoms with van der Waals surface area (Å²) in [6.45, 7) is 5.04. The van der Waals surface area contributed by atoms with Crippen LogP contribution in [-0.4, -0.2) is 31.1 Å². The molecule has 3 N–H and O–H groups in total. The molecule has 0 spiro atoms. The number of nitrogens with one attached hydrogen (secondary N) is 1. The van der Waals surface area contributed by atoms with Crippen LogP contribution in [0.3, 0.4) is 0 Å². The van der Waals surface area contributed by atoms with Crippen LogP contribution in [0.25, 0.3) is 0 Å². The van der Waals surface area contributed by atoms with Gasteiger partial charge in [0.2, 0.25) is 5.91 Å². The van der Waals surface area contributed by atoms with E-state index in [1.54, 1.807) is 18.2 Å². The van der Waals surface area contributed by atoms with Crippen molar-refractivity contribution in [1.29, 1.82) is 0 Å². The molecule has 1 aliphatic rings. The van der Waals surface area contributed by atoms with E-state index in [0.717, 1.165) is 32.1 Å². The van der Waals surface area contributed by atoms with Crippen molar-refractivity contribution in [3.63, 3.8) is 0 Å². The largest absolute Gasteiger partial charge is 0.490 e. The van der Waals surface area contributed by atoms with E-state index in [1.807, 2.05) is 13.8 Å². The summed E-state index contributed by atoms with van der Waals surface area (Å²) >= 11 is 0. The van der Waals surface area contributed by atoms with Crippen molar-refractivity contribution in [3.8, 4) is 11.5 Å². The van der Waals surface area contributed by atoms with E-state index in [9.17, 15) is 9.59 Å². The zero-order valence-corrected chi connectivity index (χ0v) is 15.0. The second-order valence-corrected chi connectivity index (χ2v) is 6.37. The molecular weight excluding hydrogens is 320 g/mol. The lowest BCUT2D eigenvalue weighted by atomic mass is 9.85. The zero-order valence-electron chi connectivity index (χ0n) is 15.0. The van der Waals surface area contributed by atoms with Gasteiger partial charge < -0.3 is 20.5 Å². The van der Waals surface area contributed by atoms with E-state index in [4.69, 9.17) is 15.2 Å². The fourth-order valence-electron chi connectivity index (χ4n) is 3.04. The quantitative estimate of drug-likeness (QED) is 0.755. The number of benzene rings is 1. The van der Waals surface area contributed by atoms with Gasteiger partial charge in [0.1, 0.15) is 0 Å². The average molecular weight is 348 g/mol. The molecule has 6 heteroatoms. The summed E-state index contributed by atoms with van der Waals surface area (Å²) in [5.41, 5.74) is 5.89. The molecule has 0 radical (unpaired) electrons. The standard InChI is InChI=1S/C19H28N2O4/c1-3-11-25-16-10-7-14(12-17(16)24-4-2)19(23)21-15-8-5-13(6-9-15)18(20)22/h7,10,12-13,15H,3-6,8-9,11H2,1-2H3,(H2,20,22)(H,21,23). The normalized spacial score (nSPS) is 19.9. The van der Waals surface area contributed by atoms with E-state index in [1.165, 1.54) is 0 Å². The number of carbonyl (C=O) groups excluding carboxylic acids is 2. The number of amides is 2. The summed E-state index contributed by atoms with van der Waals surface area (Å²) < 4.78 is 11.3. The monoisotopic (exact) mass is 348 g/mol. The van der Waals surface area contributed by atoms with Crippen LogP contribution in [0, 0.1) is 5.92 Å². The minimum Gasteiger partial charge on any atom is -0.490 e. The van der Waals surface area contributed by atoms with Gasteiger partial charge in [-0.3, -0.25) is 9.59 Å². The molecule has 1 saturated carbocycles. The molecule has 25 heavy (non-hydrogen) atoms. The van der Waals surface area contributed by atoms with Gasteiger partial charge in [-0.1, -0.05) is 6.92 Å². The van der Waals surface area contributed by atoms with Crippen molar-refractivity contribution in [3.05, 3.63) is 23.8 Å². The van der Waals surface area contributed by atoms with Crippen molar-refractivity contribution >= 4 is 11.8 Å². The number of carbonyl (C=O) groups is 2. The molecular formula is C19H28N2O4. The Balaban J connectivity index is 1.99. The zero-order chi connectivity index (χ0) is 18.2. The molecule has 1 fully saturated rings. The minimum atomic E-state index is -0.242. The molecule has 2 rings (SSSR count). The van der Waals surface area contributed by atoms with Gasteiger partial charge in [0.15, 0.2) is 11.5 Å². The van der Waals surface area contributed by atoms with Crippen LogP contribution in [0.1, 0.15) is 56.3 Å². The molecule has 0 saturated heterocycles. The molecule has 1 aromatic rings. The highest BCUT2D eigenvalue weighted by Gasteiger charge is 2.26. The third kappa shape index (κ3) is 5.37. The highest BCUT2D eigenvalue weighted by atomic mass is 16.5. The topological polar surface area (TPSA) is 90.6 Å².